The van der Waals surface area contributed by atoms with Crippen molar-refractivity contribution in [1.82, 2.24) is 9.80 Å². The van der Waals surface area contributed by atoms with Crippen molar-refractivity contribution in [1.29, 1.82) is 0 Å². The third-order valence-corrected chi connectivity index (χ3v) is 3.76. The highest BCUT2D eigenvalue weighted by Crippen LogP contribution is 2.27. The Hall–Kier alpha value is -0.820. The van der Waals surface area contributed by atoms with E-state index in [9.17, 15) is 18.0 Å². The average molecular weight is 282 g/mol. The maximum atomic E-state index is 12.6. The van der Waals surface area contributed by atoms with Crippen molar-refractivity contribution < 1.29 is 23.1 Å². The van der Waals surface area contributed by atoms with Crippen LogP contribution in [-0.2, 0) is 4.79 Å². The van der Waals surface area contributed by atoms with Gasteiger partial charge >= 0.3 is 12.1 Å². The number of alkyl halides is 3. The van der Waals surface area contributed by atoms with Gasteiger partial charge in [0, 0.05) is 38.8 Å². The molecule has 0 aromatic carbocycles. The first-order valence-corrected chi connectivity index (χ1v) is 6.51. The van der Waals surface area contributed by atoms with Crippen molar-refractivity contribution in [2.24, 2.45) is 5.92 Å². The third kappa shape index (κ3) is 4.65. The first-order chi connectivity index (χ1) is 8.75. The summed E-state index contributed by atoms with van der Waals surface area (Å²) in [6.45, 7) is 6.08. The van der Waals surface area contributed by atoms with Gasteiger partial charge in [-0.15, -0.1) is 0 Å². The Kier molecular flexibility index (Phi) is 5.61. The Balaban J connectivity index is 2.50. The van der Waals surface area contributed by atoms with Crippen LogP contribution in [0.1, 0.15) is 20.3 Å². The maximum absolute atomic E-state index is 12.6. The van der Waals surface area contributed by atoms with Crippen LogP contribution in [0.25, 0.3) is 0 Å². The number of piperazine rings is 1. The van der Waals surface area contributed by atoms with E-state index in [0.29, 0.717) is 32.2 Å². The standard InChI is InChI=1S/C12H21F3N2O2/c1-3-9(2)17-6-4-16(5-7-17)8-10(11(18)19)12(13,14)15/h9-10H,3-8H2,1-2H3,(H,18,19). The Labute approximate surface area is 111 Å². The lowest BCUT2D eigenvalue weighted by atomic mass is 10.1. The average Bonchev–Trinajstić information content (AvgIpc) is 2.34. The molecule has 0 aromatic rings. The van der Waals surface area contributed by atoms with E-state index in [1.165, 1.54) is 0 Å². The van der Waals surface area contributed by atoms with Crippen LogP contribution >= 0.6 is 0 Å². The van der Waals surface area contributed by atoms with E-state index in [1.807, 2.05) is 0 Å². The number of halogens is 3. The number of hydrogen-bond donors (Lipinski definition) is 1. The number of rotatable bonds is 5. The highest BCUT2D eigenvalue weighted by atomic mass is 19.4. The summed E-state index contributed by atoms with van der Waals surface area (Å²) in [5.74, 6) is -4.08. The minimum Gasteiger partial charge on any atom is -0.481 e. The molecule has 0 spiro atoms. The Morgan fingerprint density at radius 3 is 2.16 bits per heavy atom. The highest BCUT2D eigenvalue weighted by molar-refractivity contribution is 5.71. The summed E-state index contributed by atoms with van der Waals surface area (Å²) in [4.78, 5) is 14.5. The fraction of sp³-hybridized carbons (Fsp3) is 0.917. The summed E-state index contributed by atoms with van der Waals surface area (Å²) in [5, 5.41) is 8.66. The van der Waals surface area contributed by atoms with Crippen molar-refractivity contribution in [3.63, 3.8) is 0 Å². The number of aliphatic carboxylic acids is 1. The van der Waals surface area contributed by atoms with Crippen LogP contribution in [0, 0.1) is 5.92 Å². The normalized spacial score (nSPS) is 22.2. The van der Waals surface area contributed by atoms with Crippen molar-refractivity contribution in [3.05, 3.63) is 0 Å². The van der Waals surface area contributed by atoms with Gasteiger partial charge in [-0.25, -0.2) is 0 Å². The SMILES string of the molecule is CCC(C)N1CCN(CC(C(=O)O)C(F)(F)F)CC1. The zero-order chi connectivity index (χ0) is 14.6. The van der Waals surface area contributed by atoms with Gasteiger partial charge in [0.1, 0.15) is 0 Å². The number of carboxylic acids is 1. The lowest BCUT2D eigenvalue weighted by Gasteiger charge is -2.38. The van der Waals surface area contributed by atoms with E-state index in [4.69, 9.17) is 5.11 Å². The molecule has 1 aliphatic heterocycles. The smallest absolute Gasteiger partial charge is 0.403 e. The minimum absolute atomic E-state index is 0.417. The molecule has 0 amide bonds. The van der Waals surface area contributed by atoms with Gasteiger partial charge < -0.3 is 5.11 Å². The summed E-state index contributed by atoms with van der Waals surface area (Å²) in [7, 11) is 0. The third-order valence-electron chi connectivity index (χ3n) is 3.76. The molecule has 0 aromatic heterocycles. The molecule has 112 valence electrons. The van der Waals surface area contributed by atoms with Crippen LogP contribution in [0.4, 0.5) is 13.2 Å². The van der Waals surface area contributed by atoms with Crippen LogP contribution in [0.5, 0.6) is 0 Å². The zero-order valence-electron chi connectivity index (χ0n) is 11.3. The van der Waals surface area contributed by atoms with Gasteiger partial charge in [0.05, 0.1) is 0 Å². The van der Waals surface area contributed by atoms with Crippen LogP contribution in [-0.4, -0.2) is 65.8 Å². The fourth-order valence-corrected chi connectivity index (χ4v) is 2.22. The quantitative estimate of drug-likeness (QED) is 0.833. The molecule has 1 rings (SSSR count). The molecule has 1 heterocycles. The lowest BCUT2D eigenvalue weighted by Crippen LogP contribution is -2.52. The molecule has 7 heteroatoms. The van der Waals surface area contributed by atoms with Gasteiger partial charge in [0.25, 0.3) is 0 Å². The molecular weight excluding hydrogens is 261 g/mol. The Morgan fingerprint density at radius 2 is 1.79 bits per heavy atom. The maximum Gasteiger partial charge on any atom is 0.403 e. The molecule has 1 aliphatic rings. The minimum atomic E-state index is -4.68. The van der Waals surface area contributed by atoms with Crippen molar-refractivity contribution in [3.8, 4) is 0 Å². The van der Waals surface area contributed by atoms with Crippen LogP contribution in [0.3, 0.4) is 0 Å². The van der Waals surface area contributed by atoms with Gasteiger partial charge in [-0.2, -0.15) is 13.2 Å². The first kappa shape index (κ1) is 16.2. The summed E-state index contributed by atoms with van der Waals surface area (Å²) < 4.78 is 37.7. The van der Waals surface area contributed by atoms with Gasteiger partial charge in [-0.1, -0.05) is 6.92 Å². The lowest BCUT2D eigenvalue weighted by molar-refractivity contribution is -0.197. The molecule has 4 nitrogen and oxygen atoms in total. The molecule has 2 atom stereocenters. The highest BCUT2D eigenvalue weighted by Gasteiger charge is 2.46. The molecule has 1 fully saturated rings. The molecule has 0 saturated carbocycles. The second-order valence-corrected chi connectivity index (χ2v) is 5.03. The van der Waals surface area contributed by atoms with Crippen LogP contribution in [0.15, 0.2) is 0 Å². The van der Waals surface area contributed by atoms with E-state index in [1.54, 1.807) is 4.90 Å². The second-order valence-electron chi connectivity index (χ2n) is 5.03. The molecule has 0 bridgehead atoms. The molecular formula is C12H21F3N2O2. The molecule has 19 heavy (non-hydrogen) atoms. The van der Waals surface area contributed by atoms with Gasteiger partial charge in [0.2, 0.25) is 0 Å². The van der Waals surface area contributed by atoms with Gasteiger partial charge in [-0.3, -0.25) is 14.6 Å². The molecule has 0 aliphatic carbocycles. The van der Waals surface area contributed by atoms with Crippen molar-refractivity contribution in [2.75, 3.05) is 32.7 Å². The Bertz CT molecular complexity index is 302. The largest absolute Gasteiger partial charge is 0.481 e. The Morgan fingerprint density at radius 1 is 1.26 bits per heavy atom. The second kappa shape index (κ2) is 6.56. The summed E-state index contributed by atoms with van der Waals surface area (Å²) in [5.41, 5.74) is 0. The van der Waals surface area contributed by atoms with Crippen molar-refractivity contribution >= 4 is 5.97 Å². The molecule has 0 radical (unpaired) electrons. The van der Waals surface area contributed by atoms with E-state index >= 15 is 0 Å². The fourth-order valence-electron chi connectivity index (χ4n) is 2.22. The first-order valence-electron chi connectivity index (χ1n) is 6.51. The number of carboxylic acid groups (broad SMARTS) is 1. The molecule has 1 N–H and O–H groups in total. The van der Waals surface area contributed by atoms with Crippen molar-refractivity contribution in [2.45, 2.75) is 32.5 Å². The van der Waals surface area contributed by atoms with E-state index in [2.05, 4.69) is 18.7 Å². The summed E-state index contributed by atoms with van der Waals surface area (Å²) >= 11 is 0. The molecule has 1 saturated heterocycles. The topological polar surface area (TPSA) is 43.8 Å². The number of hydrogen-bond acceptors (Lipinski definition) is 3. The van der Waals surface area contributed by atoms with Gasteiger partial charge in [0.15, 0.2) is 5.92 Å². The van der Waals surface area contributed by atoms with Crippen LogP contribution < -0.4 is 0 Å². The number of carbonyl (C=O) groups is 1. The van der Waals surface area contributed by atoms with Gasteiger partial charge in [-0.05, 0) is 13.3 Å². The molecule has 2 unspecified atom stereocenters. The summed E-state index contributed by atoms with van der Waals surface area (Å²) in [6, 6.07) is 0.417. The zero-order valence-corrected chi connectivity index (χ0v) is 11.3. The van der Waals surface area contributed by atoms with E-state index in [0.717, 1.165) is 6.42 Å². The van der Waals surface area contributed by atoms with E-state index < -0.39 is 24.6 Å². The predicted molar refractivity (Wildman–Crippen MR) is 64.9 cm³/mol. The van der Waals surface area contributed by atoms with E-state index in [-0.39, 0.29) is 0 Å². The number of nitrogens with zero attached hydrogens (tertiary/aromatic N) is 2. The van der Waals surface area contributed by atoms with Crippen LogP contribution in [0.2, 0.25) is 0 Å². The monoisotopic (exact) mass is 282 g/mol. The predicted octanol–water partition coefficient (Wildman–Crippen LogP) is 1.67. The summed E-state index contributed by atoms with van der Waals surface area (Å²) in [6.07, 6.45) is -3.68.